The summed E-state index contributed by atoms with van der Waals surface area (Å²) in [7, 11) is 10.2. The van der Waals surface area contributed by atoms with Crippen molar-refractivity contribution in [2.45, 2.75) is 0 Å². The number of carbonyl (C=O) groups is 1. The Morgan fingerprint density at radius 2 is 2.14 bits per heavy atom. The molecule has 0 aliphatic heterocycles. The van der Waals surface area contributed by atoms with Crippen LogP contribution >= 0.6 is 43.6 Å². The summed E-state index contributed by atoms with van der Waals surface area (Å²) in [6.07, 6.45) is 0. The third-order valence-electron chi connectivity index (χ3n) is 0.163. The minimum atomic E-state index is -0.610. The quantitative estimate of drug-likeness (QED) is 0.578. The van der Waals surface area contributed by atoms with Gasteiger partial charge in [-0.2, -0.15) is 0 Å². The molecule has 0 aliphatic rings. The van der Waals surface area contributed by atoms with Crippen molar-refractivity contribution >= 4 is 48.9 Å². The first-order chi connectivity index (χ1) is 3.31. The zero-order chi connectivity index (χ0) is 5.70. The second-order valence-electron chi connectivity index (χ2n) is 0.473. The molecular weight excluding hydrogens is 179 g/mol. The van der Waals surface area contributed by atoms with Gasteiger partial charge in [0.1, 0.15) is 0 Å². The standard InChI is InChI=1S/CCl2O2S2/c2-6-1(4)5-7-3. The molecule has 0 aromatic carbocycles. The predicted octanol–water partition coefficient (Wildman–Crippen LogP) is 2.81. The normalized spacial score (nSPS) is 8.29. The molecule has 0 radical (unpaired) electrons. The highest BCUT2D eigenvalue weighted by Crippen LogP contribution is 2.17. The molecule has 0 amide bonds. The van der Waals surface area contributed by atoms with Crippen molar-refractivity contribution in [1.29, 1.82) is 0 Å². The molecule has 0 N–H and O–H groups in total. The van der Waals surface area contributed by atoms with Gasteiger partial charge in [0, 0.05) is 10.7 Å². The van der Waals surface area contributed by atoms with Gasteiger partial charge >= 0.3 is 5.30 Å². The largest absolute Gasteiger partial charge is 0.396 e. The van der Waals surface area contributed by atoms with Crippen molar-refractivity contribution in [1.82, 2.24) is 0 Å². The van der Waals surface area contributed by atoms with Gasteiger partial charge in [0.25, 0.3) is 0 Å². The van der Waals surface area contributed by atoms with Crippen molar-refractivity contribution in [2.75, 3.05) is 0 Å². The molecule has 6 heteroatoms. The molecule has 0 saturated carbocycles. The molecule has 42 valence electrons. The maximum absolute atomic E-state index is 9.92. The Bertz CT molecular complexity index is 66.7. The molecule has 0 spiro atoms. The van der Waals surface area contributed by atoms with Crippen LogP contribution in [-0.4, -0.2) is 5.30 Å². The smallest absolute Gasteiger partial charge is 0.365 e. The maximum Gasteiger partial charge on any atom is 0.396 e. The van der Waals surface area contributed by atoms with E-state index in [4.69, 9.17) is 21.4 Å². The molecular formula is CCl2O2S2. The molecule has 0 aromatic rings. The average molecular weight is 179 g/mol. The molecule has 0 aliphatic carbocycles. The van der Waals surface area contributed by atoms with Crippen LogP contribution in [0.4, 0.5) is 4.79 Å². The summed E-state index contributed by atoms with van der Waals surface area (Å²) >= 11 is 0.452. The topological polar surface area (TPSA) is 26.3 Å². The van der Waals surface area contributed by atoms with Crippen LogP contribution in [0.1, 0.15) is 0 Å². The van der Waals surface area contributed by atoms with Crippen molar-refractivity contribution in [3.8, 4) is 0 Å². The number of hydrogen-bond acceptors (Lipinski definition) is 4. The van der Waals surface area contributed by atoms with Crippen LogP contribution in [-0.2, 0) is 4.18 Å². The van der Waals surface area contributed by atoms with Gasteiger partial charge < -0.3 is 4.18 Å². The minimum Gasteiger partial charge on any atom is -0.365 e. The Labute approximate surface area is 58.1 Å². The van der Waals surface area contributed by atoms with E-state index in [2.05, 4.69) is 4.18 Å². The van der Waals surface area contributed by atoms with Crippen molar-refractivity contribution in [3.63, 3.8) is 0 Å². The molecule has 2 nitrogen and oxygen atoms in total. The summed E-state index contributed by atoms with van der Waals surface area (Å²) in [6, 6.07) is 0. The molecule has 7 heavy (non-hydrogen) atoms. The average Bonchev–Trinajstić information content (AvgIpc) is 1.68. The molecule has 0 bridgehead atoms. The fourth-order valence-corrected chi connectivity index (χ4v) is 0.810. The first kappa shape index (κ1) is 7.75. The van der Waals surface area contributed by atoms with Crippen LogP contribution < -0.4 is 0 Å². The molecule has 0 heterocycles. The highest BCUT2D eigenvalue weighted by molar-refractivity contribution is 8.33. The second kappa shape index (κ2) is 4.90. The molecule has 0 saturated heterocycles. The van der Waals surface area contributed by atoms with Crippen LogP contribution in [0.2, 0.25) is 0 Å². The molecule has 0 atom stereocenters. The number of hydrogen-bond donors (Lipinski definition) is 0. The summed E-state index contributed by atoms with van der Waals surface area (Å²) < 4.78 is 4.07. The van der Waals surface area contributed by atoms with E-state index in [9.17, 15) is 4.79 Å². The van der Waals surface area contributed by atoms with Crippen LogP contribution in [0.25, 0.3) is 0 Å². The van der Waals surface area contributed by atoms with Crippen LogP contribution in [0.15, 0.2) is 0 Å². The fraction of sp³-hybridized carbons (Fsp3) is 0. The summed E-state index contributed by atoms with van der Waals surface area (Å²) in [4.78, 5) is 9.92. The van der Waals surface area contributed by atoms with Gasteiger partial charge in [0.05, 0.1) is 11.0 Å². The summed E-state index contributed by atoms with van der Waals surface area (Å²) in [5.74, 6) is 0. The van der Waals surface area contributed by atoms with E-state index in [1.165, 1.54) is 0 Å². The highest BCUT2D eigenvalue weighted by atomic mass is 35.7. The summed E-state index contributed by atoms with van der Waals surface area (Å²) in [6.45, 7) is 0. The van der Waals surface area contributed by atoms with Gasteiger partial charge in [-0.25, -0.2) is 4.79 Å². The lowest BCUT2D eigenvalue weighted by Crippen LogP contribution is -1.79. The van der Waals surface area contributed by atoms with Crippen LogP contribution in [0.5, 0.6) is 0 Å². The van der Waals surface area contributed by atoms with Crippen LogP contribution in [0, 0.1) is 0 Å². The number of carbonyl (C=O) groups excluding carboxylic acids is 1. The Kier molecular flexibility index (Phi) is 5.42. The Morgan fingerprint density at radius 1 is 1.57 bits per heavy atom. The summed E-state index contributed by atoms with van der Waals surface area (Å²) in [5, 5.41) is -0.610. The van der Waals surface area contributed by atoms with Crippen molar-refractivity contribution in [3.05, 3.63) is 0 Å². The minimum absolute atomic E-state index is 0.452. The fourth-order valence-electron chi connectivity index (χ4n) is 0.0386. The Hall–Kier alpha value is 0.750. The summed E-state index contributed by atoms with van der Waals surface area (Å²) in [5.41, 5.74) is 0. The molecule has 0 unspecified atom stereocenters. The van der Waals surface area contributed by atoms with Gasteiger partial charge in [-0.05, 0) is 10.7 Å². The van der Waals surface area contributed by atoms with Gasteiger partial charge in [0.15, 0.2) is 11.3 Å². The third-order valence-corrected chi connectivity index (χ3v) is 1.26. The molecule has 0 aromatic heterocycles. The number of rotatable bonds is 1. The van der Waals surface area contributed by atoms with Gasteiger partial charge in [-0.15, -0.1) is 0 Å². The van der Waals surface area contributed by atoms with Crippen LogP contribution in [0.3, 0.4) is 0 Å². The van der Waals surface area contributed by atoms with Gasteiger partial charge in [0.2, 0.25) is 0 Å². The van der Waals surface area contributed by atoms with E-state index in [1.807, 2.05) is 0 Å². The first-order valence-corrected chi connectivity index (χ1v) is 4.30. The maximum atomic E-state index is 9.92. The zero-order valence-electron chi connectivity index (χ0n) is 2.89. The van der Waals surface area contributed by atoms with Gasteiger partial charge in [-0.3, -0.25) is 0 Å². The lowest BCUT2D eigenvalue weighted by Gasteiger charge is -1.86. The highest BCUT2D eigenvalue weighted by Gasteiger charge is 1.97. The number of halogens is 2. The predicted molar refractivity (Wildman–Crippen MR) is 33.4 cm³/mol. The zero-order valence-corrected chi connectivity index (χ0v) is 6.03. The van der Waals surface area contributed by atoms with E-state index in [0.717, 1.165) is 0 Å². The van der Waals surface area contributed by atoms with E-state index in [1.54, 1.807) is 0 Å². The lowest BCUT2D eigenvalue weighted by molar-refractivity contribution is 0.235. The SMILES string of the molecule is O=C(OSCl)SCl. The monoisotopic (exact) mass is 178 g/mol. The third kappa shape index (κ3) is 4.61. The van der Waals surface area contributed by atoms with Crippen molar-refractivity contribution in [2.24, 2.45) is 0 Å². The van der Waals surface area contributed by atoms with E-state index in [-0.39, 0.29) is 0 Å². The molecule has 0 rings (SSSR count). The lowest BCUT2D eigenvalue weighted by atomic mass is 11.6. The van der Waals surface area contributed by atoms with E-state index < -0.39 is 5.30 Å². The second-order valence-corrected chi connectivity index (χ2v) is 2.09. The van der Waals surface area contributed by atoms with Crippen molar-refractivity contribution < 1.29 is 8.98 Å². The molecule has 0 fully saturated rings. The first-order valence-electron chi connectivity index (χ1n) is 1.09. The Morgan fingerprint density at radius 3 is 2.29 bits per heavy atom. The van der Waals surface area contributed by atoms with E-state index >= 15 is 0 Å². The van der Waals surface area contributed by atoms with Gasteiger partial charge in [-0.1, -0.05) is 0 Å². The van der Waals surface area contributed by atoms with E-state index in [0.29, 0.717) is 22.2 Å². The Balaban J connectivity index is 3.00.